The Balaban J connectivity index is 2.12. The number of carbonyl (C=O) groups is 1. The topological polar surface area (TPSA) is 52.1 Å². The summed E-state index contributed by atoms with van der Waals surface area (Å²) in [6.45, 7) is 0. The molecule has 21 heavy (non-hydrogen) atoms. The van der Waals surface area contributed by atoms with Crippen LogP contribution in [0.25, 0.3) is 10.8 Å². The molecule has 0 aliphatic carbocycles. The lowest BCUT2D eigenvalue weighted by Gasteiger charge is -2.10. The van der Waals surface area contributed by atoms with Gasteiger partial charge < -0.3 is 4.74 Å². The summed E-state index contributed by atoms with van der Waals surface area (Å²) in [4.78, 5) is 18.5. The van der Waals surface area contributed by atoms with Gasteiger partial charge in [0.1, 0.15) is 5.75 Å². The van der Waals surface area contributed by atoms with Gasteiger partial charge in [-0.05, 0) is 28.4 Å². The first-order valence-corrected chi connectivity index (χ1v) is 6.39. The maximum Gasteiger partial charge on any atom is 0.260 e. The first-order valence-electron chi connectivity index (χ1n) is 6.02. The molecule has 0 spiro atoms. The summed E-state index contributed by atoms with van der Waals surface area (Å²) in [6, 6.07) is 10.7. The van der Waals surface area contributed by atoms with E-state index in [1.165, 1.54) is 0 Å². The van der Waals surface area contributed by atoms with Gasteiger partial charge in [0.25, 0.3) is 5.88 Å². The zero-order valence-electron chi connectivity index (χ0n) is 10.6. The molecule has 2 aromatic carbocycles. The normalized spacial score (nSPS) is 10.6. The van der Waals surface area contributed by atoms with Crippen LogP contribution in [0.2, 0.25) is 5.28 Å². The van der Waals surface area contributed by atoms with Crippen LogP contribution in [0.1, 0.15) is 10.4 Å². The van der Waals surface area contributed by atoms with E-state index in [9.17, 15) is 9.18 Å². The van der Waals surface area contributed by atoms with E-state index in [0.29, 0.717) is 17.2 Å². The number of ether oxygens (including phenoxy) is 1. The second-order valence-corrected chi connectivity index (χ2v) is 4.55. The molecule has 0 bridgehead atoms. The van der Waals surface area contributed by atoms with Gasteiger partial charge in [-0.3, -0.25) is 4.79 Å². The molecule has 0 aliphatic heterocycles. The van der Waals surface area contributed by atoms with Gasteiger partial charge in [0.05, 0.1) is 11.8 Å². The van der Waals surface area contributed by atoms with Crippen LogP contribution in [0, 0.1) is 5.82 Å². The summed E-state index contributed by atoms with van der Waals surface area (Å²) in [5.41, 5.74) is 0.322. The number of aromatic nitrogens is 2. The van der Waals surface area contributed by atoms with Crippen molar-refractivity contribution in [2.45, 2.75) is 0 Å². The van der Waals surface area contributed by atoms with Gasteiger partial charge in [0.15, 0.2) is 6.29 Å². The number of fused-ring (bicyclic) bond motifs is 1. The van der Waals surface area contributed by atoms with Crippen LogP contribution in [-0.2, 0) is 0 Å². The van der Waals surface area contributed by atoms with E-state index in [0.717, 1.165) is 11.6 Å². The average molecular weight is 303 g/mol. The highest BCUT2D eigenvalue weighted by Crippen LogP contribution is 2.30. The van der Waals surface area contributed by atoms with Crippen LogP contribution in [0.4, 0.5) is 4.39 Å². The quantitative estimate of drug-likeness (QED) is 0.541. The van der Waals surface area contributed by atoms with Gasteiger partial charge >= 0.3 is 0 Å². The van der Waals surface area contributed by atoms with Crippen LogP contribution >= 0.6 is 11.6 Å². The van der Waals surface area contributed by atoms with Crippen molar-refractivity contribution in [1.29, 1.82) is 0 Å². The van der Waals surface area contributed by atoms with E-state index in [1.54, 1.807) is 24.3 Å². The second kappa shape index (κ2) is 5.46. The van der Waals surface area contributed by atoms with Gasteiger partial charge in [0.2, 0.25) is 11.1 Å². The van der Waals surface area contributed by atoms with Gasteiger partial charge in [-0.2, -0.15) is 9.37 Å². The molecule has 0 atom stereocenters. The molecule has 0 aliphatic rings. The third-order valence-electron chi connectivity index (χ3n) is 2.94. The SMILES string of the molecule is O=Cc1c(Oc2nc(Cl)ncc2F)ccc2ccccc12. The van der Waals surface area contributed by atoms with E-state index < -0.39 is 5.82 Å². The van der Waals surface area contributed by atoms with E-state index in [-0.39, 0.29) is 16.9 Å². The van der Waals surface area contributed by atoms with Gasteiger partial charge in [-0.15, -0.1) is 0 Å². The summed E-state index contributed by atoms with van der Waals surface area (Å²) in [7, 11) is 0. The summed E-state index contributed by atoms with van der Waals surface area (Å²) < 4.78 is 19.0. The molecule has 6 heteroatoms. The smallest absolute Gasteiger partial charge is 0.260 e. The maximum absolute atomic E-state index is 13.6. The number of rotatable bonds is 3. The second-order valence-electron chi connectivity index (χ2n) is 4.21. The molecule has 4 nitrogen and oxygen atoms in total. The lowest BCUT2D eigenvalue weighted by atomic mass is 10.0. The van der Waals surface area contributed by atoms with E-state index in [2.05, 4.69) is 9.97 Å². The Hall–Kier alpha value is -2.53. The minimum atomic E-state index is -0.760. The molecule has 0 saturated carbocycles. The first-order chi connectivity index (χ1) is 10.2. The van der Waals surface area contributed by atoms with Crippen LogP contribution < -0.4 is 4.74 Å². The molecule has 0 amide bonds. The Kier molecular flexibility index (Phi) is 3.50. The highest BCUT2D eigenvalue weighted by Gasteiger charge is 2.13. The van der Waals surface area contributed by atoms with Crippen molar-refractivity contribution in [2.75, 3.05) is 0 Å². The van der Waals surface area contributed by atoms with Crippen molar-refractivity contribution in [3.63, 3.8) is 0 Å². The number of aldehydes is 1. The molecule has 0 N–H and O–H groups in total. The van der Waals surface area contributed by atoms with E-state index >= 15 is 0 Å². The van der Waals surface area contributed by atoms with Crippen LogP contribution in [0.15, 0.2) is 42.6 Å². The standard InChI is InChI=1S/C15H8ClFN2O2/c16-15-18-7-12(17)14(19-15)21-13-6-5-9-3-1-2-4-10(9)11(13)8-20/h1-8H. The van der Waals surface area contributed by atoms with Crippen molar-refractivity contribution in [1.82, 2.24) is 9.97 Å². The Morgan fingerprint density at radius 1 is 1.19 bits per heavy atom. The number of benzene rings is 2. The number of carbonyl (C=O) groups excluding carboxylic acids is 1. The molecule has 0 fully saturated rings. The zero-order valence-corrected chi connectivity index (χ0v) is 11.3. The molecule has 0 saturated heterocycles. The zero-order chi connectivity index (χ0) is 14.8. The predicted octanol–water partition coefficient (Wildman–Crippen LogP) is 4.03. The van der Waals surface area contributed by atoms with Crippen LogP contribution in [0.5, 0.6) is 11.6 Å². The fraction of sp³-hybridized carbons (Fsp3) is 0. The average Bonchev–Trinajstić information content (AvgIpc) is 2.50. The van der Waals surface area contributed by atoms with Gasteiger partial charge in [0, 0.05) is 0 Å². The summed E-state index contributed by atoms with van der Waals surface area (Å²) in [5, 5.41) is 1.46. The van der Waals surface area contributed by atoms with Gasteiger partial charge in [-0.1, -0.05) is 30.3 Å². The third-order valence-corrected chi connectivity index (χ3v) is 3.12. The van der Waals surface area contributed by atoms with Crippen LogP contribution in [0.3, 0.4) is 0 Å². The number of halogens is 2. The van der Waals surface area contributed by atoms with Crippen molar-refractivity contribution >= 4 is 28.7 Å². The van der Waals surface area contributed by atoms with E-state index in [1.807, 2.05) is 12.1 Å². The number of hydrogen-bond donors (Lipinski definition) is 0. The lowest BCUT2D eigenvalue weighted by molar-refractivity contribution is 0.112. The minimum absolute atomic E-state index is 0.139. The van der Waals surface area contributed by atoms with Gasteiger partial charge in [-0.25, -0.2) is 4.98 Å². The van der Waals surface area contributed by atoms with Crippen molar-refractivity contribution < 1.29 is 13.9 Å². The lowest BCUT2D eigenvalue weighted by Crippen LogP contribution is -1.97. The molecule has 3 rings (SSSR count). The molecular weight excluding hydrogens is 295 g/mol. The summed E-state index contributed by atoms with van der Waals surface area (Å²) in [5.74, 6) is -0.879. The molecule has 3 aromatic rings. The summed E-state index contributed by atoms with van der Waals surface area (Å²) >= 11 is 5.61. The fourth-order valence-electron chi connectivity index (χ4n) is 1.99. The largest absolute Gasteiger partial charge is 0.436 e. The van der Waals surface area contributed by atoms with Crippen molar-refractivity contribution in [3.05, 3.63) is 59.3 Å². The Morgan fingerprint density at radius 2 is 2.00 bits per heavy atom. The Bertz CT molecular complexity index is 839. The third kappa shape index (κ3) is 2.55. The monoisotopic (exact) mass is 302 g/mol. The molecular formula is C15H8ClFN2O2. The fourth-order valence-corrected chi connectivity index (χ4v) is 2.12. The van der Waals surface area contributed by atoms with Crippen molar-refractivity contribution in [3.8, 4) is 11.6 Å². The summed E-state index contributed by atoms with van der Waals surface area (Å²) in [6.07, 6.45) is 1.57. The van der Waals surface area contributed by atoms with E-state index in [4.69, 9.17) is 16.3 Å². The molecule has 1 aromatic heterocycles. The molecule has 0 unspecified atom stereocenters. The molecule has 0 radical (unpaired) electrons. The first kappa shape index (κ1) is 13.5. The maximum atomic E-state index is 13.6. The highest BCUT2D eigenvalue weighted by atomic mass is 35.5. The van der Waals surface area contributed by atoms with Crippen molar-refractivity contribution in [2.24, 2.45) is 0 Å². The molecule has 104 valence electrons. The predicted molar refractivity (Wildman–Crippen MR) is 76.4 cm³/mol. The molecule has 1 heterocycles. The Labute approximate surface area is 124 Å². The highest BCUT2D eigenvalue weighted by molar-refractivity contribution is 6.28. The van der Waals surface area contributed by atoms with Crippen LogP contribution in [-0.4, -0.2) is 16.3 Å². The Morgan fingerprint density at radius 3 is 2.81 bits per heavy atom. The minimum Gasteiger partial charge on any atom is -0.436 e. The number of nitrogens with zero attached hydrogens (tertiary/aromatic N) is 2. The number of hydrogen-bond acceptors (Lipinski definition) is 4.